The molecule has 0 aliphatic carbocycles. The second-order valence-electron chi connectivity index (χ2n) is 5.55. The molecular weight excluding hydrogens is 246 g/mol. The summed E-state index contributed by atoms with van der Waals surface area (Å²) < 4.78 is 0. The predicted octanol–water partition coefficient (Wildman–Crippen LogP) is 3.13. The lowest BCUT2D eigenvalue weighted by Gasteiger charge is -2.21. The minimum Gasteiger partial charge on any atom is -0.398 e. The van der Waals surface area contributed by atoms with Crippen molar-refractivity contribution in [1.29, 1.82) is 0 Å². The Labute approximate surface area is 122 Å². The molecule has 1 aliphatic rings. The van der Waals surface area contributed by atoms with Gasteiger partial charge in [-0.15, -0.1) is 0 Å². The number of fused-ring (bicyclic) bond motifs is 1. The fourth-order valence-corrected chi connectivity index (χ4v) is 2.86. The summed E-state index contributed by atoms with van der Waals surface area (Å²) in [6, 6.07) is 4.34. The predicted molar refractivity (Wildman–Crippen MR) is 88.9 cm³/mol. The van der Waals surface area contributed by atoms with E-state index in [9.17, 15) is 0 Å². The van der Waals surface area contributed by atoms with Crippen LogP contribution in [-0.2, 0) is 6.42 Å². The van der Waals surface area contributed by atoms with E-state index in [1.165, 1.54) is 28.1 Å². The van der Waals surface area contributed by atoms with Crippen molar-refractivity contribution in [2.24, 2.45) is 0 Å². The van der Waals surface area contributed by atoms with Gasteiger partial charge in [0.05, 0.1) is 0 Å². The summed E-state index contributed by atoms with van der Waals surface area (Å²) >= 11 is 0. The van der Waals surface area contributed by atoms with Gasteiger partial charge in [-0.1, -0.05) is 19.6 Å². The van der Waals surface area contributed by atoms with Crippen molar-refractivity contribution in [2.75, 3.05) is 38.3 Å². The number of anilines is 2. The number of hydrogen-bond donors (Lipinski definition) is 1. The van der Waals surface area contributed by atoms with E-state index in [-0.39, 0.29) is 0 Å². The molecule has 0 unspecified atom stereocenters. The van der Waals surface area contributed by atoms with Gasteiger partial charge < -0.3 is 15.5 Å². The molecule has 3 nitrogen and oxygen atoms in total. The molecule has 0 fully saturated rings. The van der Waals surface area contributed by atoms with Crippen LogP contribution in [0.4, 0.5) is 11.4 Å². The third-order valence-electron chi connectivity index (χ3n) is 4.08. The second kappa shape index (κ2) is 5.61. The molecule has 2 rings (SSSR count). The van der Waals surface area contributed by atoms with Gasteiger partial charge in [0.15, 0.2) is 0 Å². The Morgan fingerprint density at radius 2 is 2.10 bits per heavy atom. The summed E-state index contributed by atoms with van der Waals surface area (Å²) in [4.78, 5) is 4.50. The van der Waals surface area contributed by atoms with E-state index in [0.717, 1.165) is 25.1 Å². The molecule has 2 N–H and O–H groups in total. The maximum absolute atomic E-state index is 6.20. The van der Waals surface area contributed by atoms with Crippen molar-refractivity contribution < 1.29 is 0 Å². The van der Waals surface area contributed by atoms with Crippen molar-refractivity contribution in [1.82, 2.24) is 4.90 Å². The maximum Gasteiger partial charge on any atom is 0.0448 e. The van der Waals surface area contributed by atoms with Crippen LogP contribution in [0.2, 0.25) is 0 Å². The van der Waals surface area contributed by atoms with Crippen LogP contribution in [0.15, 0.2) is 30.5 Å². The molecule has 1 aromatic carbocycles. The second-order valence-corrected chi connectivity index (χ2v) is 5.55. The highest BCUT2D eigenvalue weighted by Gasteiger charge is 2.20. The Morgan fingerprint density at radius 3 is 2.65 bits per heavy atom. The van der Waals surface area contributed by atoms with Gasteiger partial charge in [-0.25, -0.2) is 0 Å². The van der Waals surface area contributed by atoms with Gasteiger partial charge >= 0.3 is 0 Å². The minimum absolute atomic E-state index is 0.874. The Bertz CT molecular complexity index is 556. The largest absolute Gasteiger partial charge is 0.398 e. The highest BCUT2D eigenvalue weighted by molar-refractivity contribution is 5.87. The van der Waals surface area contributed by atoms with Crippen molar-refractivity contribution in [2.45, 2.75) is 19.8 Å². The van der Waals surface area contributed by atoms with E-state index in [4.69, 9.17) is 5.73 Å². The van der Waals surface area contributed by atoms with Crippen LogP contribution in [-0.4, -0.2) is 32.6 Å². The zero-order chi connectivity index (χ0) is 14.9. The van der Waals surface area contributed by atoms with Crippen LogP contribution in [0, 0.1) is 0 Å². The zero-order valence-electron chi connectivity index (χ0n) is 13.0. The first-order valence-electron chi connectivity index (χ1n) is 7.16. The summed E-state index contributed by atoms with van der Waals surface area (Å²) in [5, 5.41) is 0. The first-order chi connectivity index (χ1) is 9.49. The molecule has 0 atom stereocenters. The Kier molecular flexibility index (Phi) is 4.07. The molecule has 1 aromatic rings. The first kappa shape index (κ1) is 14.5. The van der Waals surface area contributed by atoms with Crippen LogP contribution in [0.3, 0.4) is 0 Å². The SMILES string of the molecule is C=CC1=C(N(C)C)CCN(C)c2cc(CC)c(N)cc21. The molecule has 3 heteroatoms. The fourth-order valence-electron chi connectivity index (χ4n) is 2.86. The molecule has 20 heavy (non-hydrogen) atoms. The van der Waals surface area contributed by atoms with E-state index in [1.807, 2.05) is 6.08 Å². The van der Waals surface area contributed by atoms with Gasteiger partial charge in [0.2, 0.25) is 0 Å². The molecule has 1 heterocycles. The van der Waals surface area contributed by atoms with Gasteiger partial charge in [0, 0.05) is 62.3 Å². The highest BCUT2D eigenvalue weighted by Crippen LogP contribution is 2.37. The molecule has 108 valence electrons. The summed E-state index contributed by atoms with van der Waals surface area (Å²) in [7, 11) is 6.33. The number of nitrogens with two attached hydrogens (primary N) is 1. The molecule has 0 saturated carbocycles. The lowest BCUT2D eigenvalue weighted by atomic mass is 9.97. The minimum atomic E-state index is 0.874. The monoisotopic (exact) mass is 271 g/mol. The lowest BCUT2D eigenvalue weighted by molar-refractivity contribution is 0.492. The van der Waals surface area contributed by atoms with Crippen molar-refractivity contribution >= 4 is 16.9 Å². The van der Waals surface area contributed by atoms with Crippen molar-refractivity contribution in [3.05, 3.63) is 41.6 Å². The van der Waals surface area contributed by atoms with Crippen LogP contribution in [0.25, 0.3) is 5.57 Å². The number of aryl methyl sites for hydroxylation is 1. The van der Waals surface area contributed by atoms with Gasteiger partial charge in [0.1, 0.15) is 0 Å². The Hall–Kier alpha value is -1.90. The van der Waals surface area contributed by atoms with E-state index < -0.39 is 0 Å². The van der Waals surface area contributed by atoms with E-state index in [1.54, 1.807) is 0 Å². The average Bonchev–Trinajstić information content (AvgIpc) is 2.54. The molecule has 0 amide bonds. The normalized spacial score (nSPS) is 14.9. The lowest BCUT2D eigenvalue weighted by Crippen LogP contribution is -2.20. The van der Waals surface area contributed by atoms with E-state index >= 15 is 0 Å². The van der Waals surface area contributed by atoms with Crippen LogP contribution in [0.1, 0.15) is 24.5 Å². The smallest absolute Gasteiger partial charge is 0.0448 e. The van der Waals surface area contributed by atoms with Crippen LogP contribution >= 0.6 is 0 Å². The number of rotatable bonds is 3. The van der Waals surface area contributed by atoms with Crippen molar-refractivity contribution in [3.8, 4) is 0 Å². The first-order valence-corrected chi connectivity index (χ1v) is 7.16. The summed E-state index contributed by atoms with van der Waals surface area (Å²) in [5.74, 6) is 0. The maximum atomic E-state index is 6.20. The standard InChI is InChI=1S/C17H25N3/c1-6-12-10-17-14(11-15(12)18)13(7-2)16(19(3)4)8-9-20(17)5/h7,10-11H,2,6,8-9,18H2,1,3-5H3. The summed E-state index contributed by atoms with van der Waals surface area (Å²) in [6.45, 7) is 7.16. The number of nitrogens with zero attached hydrogens (tertiary/aromatic N) is 2. The number of benzene rings is 1. The van der Waals surface area contributed by atoms with Gasteiger partial charge in [0.25, 0.3) is 0 Å². The molecule has 0 aromatic heterocycles. The van der Waals surface area contributed by atoms with Gasteiger partial charge in [-0.05, 0) is 24.1 Å². The zero-order valence-corrected chi connectivity index (χ0v) is 13.0. The Balaban J connectivity index is 2.71. The number of hydrogen-bond acceptors (Lipinski definition) is 3. The fraction of sp³-hybridized carbons (Fsp3) is 0.412. The topological polar surface area (TPSA) is 32.5 Å². The highest BCUT2D eigenvalue weighted by atomic mass is 15.1. The third-order valence-corrected chi connectivity index (χ3v) is 4.08. The summed E-state index contributed by atoms with van der Waals surface area (Å²) in [5.41, 5.74) is 13.2. The summed E-state index contributed by atoms with van der Waals surface area (Å²) in [6.07, 6.45) is 3.93. The van der Waals surface area contributed by atoms with Gasteiger partial charge in [-0.2, -0.15) is 0 Å². The number of nitrogen functional groups attached to an aromatic ring is 1. The van der Waals surface area contributed by atoms with E-state index in [2.05, 4.69) is 56.6 Å². The molecule has 0 spiro atoms. The van der Waals surface area contributed by atoms with Crippen molar-refractivity contribution in [3.63, 3.8) is 0 Å². The average molecular weight is 271 g/mol. The Morgan fingerprint density at radius 1 is 1.40 bits per heavy atom. The quantitative estimate of drug-likeness (QED) is 0.857. The third kappa shape index (κ3) is 2.40. The molecule has 0 bridgehead atoms. The van der Waals surface area contributed by atoms with Crippen LogP contribution < -0.4 is 10.6 Å². The molecular formula is C17H25N3. The van der Waals surface area contributed by atoms with E-state index in [0.29, 0.717) is 0 Å². The number of allylic oxidation sites excluding steroid dienone is 2. The van der Waals surface area contributed by atoms with Crippen LogP contribution in [0.5, 0.6) is 0 Å². The molecule has 0 saturated heterocycles. The van der Waals surface area contributed by atoms with Gasteiger partial charge in [-0.3, -0.25) is 0 Å². The molecule has 1 aliphatic heterocycles. The molecule has 0 radical (unpaired) electrons.